The number of piperidine rings is 1. The van der Waals surface area contributed by atoms with Crippen LogP contribution >= 0.6 is 11.9 Å². The Balaban J connectivity index is 0.782. The number of likely N-dealkylation sites (tertiary alicyclic amines) is 1. The molecule has 3 aromatic rings. The number of carbonyl (C=O) groups is 4. The van der Waals surface area contributed by atoms with Gasteiger partial charge in [0.2, 0.25) is 17.8 Å². The maximum Gasteiger partial charge on any atom is 0.329 e. The Morgan fingerprint density at radius 3 is 2.62 bits per heavy atom. The Kier molecular flexibility index (Phi) is 10.9. The van der Waals surface area contributed by atoms with E-state index in [1.165, 1.54) is 11.0 Å². The Morgan fingerprint density at radius 2 is 1.89 bits per heavy atom. The van der Waals surface area contributed by atoms with Crippen LogP contribution in [0.3, 0.4) is 0 Å². The van der Waals surface area contributed by atoms with Crippen LogP contribution in [0.2, 0.25) is 0 Å². The fraction of sp³-hybridized carbons (Fsp3) is 0.634. The third-order valence-corrected chi connectivity index (χ3v) is 14.3. The summed E-state index contributed by atoms with van der Waals surface area (Å²) in [5.41, 5.74) is 2.92. The number of amides is 2. The van der Waals surface area contributed by atoms with Crippen molar-refractivity contribution in [2.75, 3.05) is 36.4 Å². The topological polar surface area (TPSA) is 143 Å². The first-order valence-electron chi connectivity index (χ1n) is 20.5. The smallest absolute Gasteiger partial charge is 0.329 e. The minimum absolute atomic E-state index is 0.205. The number of imidazole rings is 1. The summed E-state index contributed by atoms with van der Waals surface area (Å²) in [7, 11) is 1.72. The van der Waals surface area contributed by atoms with E-state index in [1.807, 2.05) is 46.1 Å². The van der Waals surface area contributed by atoms with Gasteiger partial charge in [0.15, 0.2) is 0 Å². The summed E-state index contributed by atoms with van der Waals surface area (Å²) >= 11 is 1.90. The van der Waals surface area contributed by atoms with Gasteiger partial charge in [-0.1, -0.05) is 37.4 Å². The van der Waals surface area contributed by atoms with Crippen LogP contribution in [0.15, 0.2) is 29.2 Å². The van der Waals surface area contributed by atoms with Gasteiger partial charge >= 0.3 is 5.69 Å². The molecule has 13 nitrogen and oxygen atoms in total. The van der Waals surface area contributed by atoms with Gasteiger partial charge in [-0.3, -0.25) is 27.9 Å². The second-order valence-electron chi connectivity index (χ2n) is 16.5. The number of hydrogen-bond acceptors (Lipinski definition) is 10. The van der Waals surface area contributed by atoms with Crippen molar-refractivity contribution in [3.8, 4) is 0 Å². The molecule has 2 saturated carbocycles. The van der Waals surface area contributed by atoms with Gasteiger partial charge in [-0.25, -0.2) is 9.78 Å². The molecule has 1 aromatic carbocycles. The van der Waals surface area contributed by atoms with E-state index in [4.69, 9.17) is 9.97 Å². The molecule has 8 rings (SSSR count). The molecule has 1 N–H and O–H groups in total. The van der Waals surface area contributed by atoms with Gasteiger partial charge in [-0.05, 0) is 88.2 Å². The highest BCUT2D eigenvalue weighted by Gasteiger charge is 2.62. The van der Waals surface area contributed by atoms with Gasteiger partial charge in [-0.2, -0.15) is 4.98 Å². The number of anilines is 2. The summed E-state index contributed by atoms with van der Waals surface area (Å²) in [6.45, 7) is 5.75. The third-order valence-electron chi connectivity index (χ3n) is 13.0. The van der Waals surface area contributed by atoms with Crippen molar-refractivity contribution in [3.63, 3.8) is 0 Å². The highest BCUT2D eigenvalue weighted by molar-refractivity contribution is 7.97. The molecular formula is C41H54N8O5S. The van der Waals surface area contributed by atoms with E-state index in [-0.39, 0.29) is 41.4 Å². The minimum Gasteiger partial charge on any atom is -0.351 e. The monoisotopic (exact) mass is 770 g/mol. The number of nitrogens with one attached hydrogen (secondary N) is 1. The molecule has 5 aliphatic rings. The maximum absolute atomic E-state index is 13.6. The SMILES string of the molecule is CC1CCCC1N1C(=O)C2(CC2)c2cnc(NC3CCN(SC4CCN(C(=O)CCCCc5cccc6c5n(C)c(=O)n6C(C=O)CCC=O)C4)CC3)nc21. The number of nitrogens with zero attached hydrogens (tertiary/aromatic N) is 7. The zero-order valence-electron chi connectivity index (χ0n) is 32.2. The summed E-state index contributed by atoms with van der Waals surface area (Å²) in [5.74, 6) is 2.43. The van der Waals surface area contributed by atoms with Crippen LogP contribution in [-0.4, -0.2) is 96.2 Å². The number of unbranched alkanes of at least 4 members (excludes halogenated alkanes) is 1. The number of aryl methyl sites for hydroxylation is 2. The quantitative estimate of drug-likeness (QED) is 0.128. The number of carbonyl (C=O) groups excluding carboxylic acids is 4. The van der Waals surface area contributed by atoms with Crippen LogP contribution in [0, 0.1) is 5.92 Å². The largest absolute Gasteiger partial charge is 0.351 e. The van der Waals surface area contributed by atoms with E-state index in [9.17, 15) is 24.0 Å². The summed E-state index contributed by atoms with van der Waals surface area (Å²) in [4.78, 5) is 76.5. The molecule has 4 atom stereocenters. The molecule has 55 heavy (non-hydrogen) atoms. The van der Waals surface area contributed by atoms with E-state index in [1.54, 1.807) is 11.6 Å². The lowest BCUT2D eigenvalue weighted by Gasteiger charge is -2.33. The number of para-hydroxylation sites is 1. The third kappa shape index (κ3) is 7.24. The normalized spacial score (nSPS) is 24.2. The van der Waals surface area contributed by atoms with Crippen molar-refractivity contribution < 1.29 is 19.2 Å². The number of rotatable bonds is 15. The Bertz CT molecular complexity index is 2000. The lowest BCUT2D eigenvalue weighted by Crippen LogP contribution is -2.42. The zero-order chi connectivity index (χ0) is 38.3. The van der Waals surface area contributed by atoms with Crippen LogP contribution in [0.25, 0.3) is 11.0 Å². The predicted molar refractivity (Wildman–Crippen MR) is 213 cm³/mol. The second kappa shape index (κ2) is 15.8. The Morgan fingerprint density at radius 1 is 1.07 bits per heavy atom. The number of fused-ring (bicyclic) bond motifs is 3. The van der Waals surface area contributed by atoms with E-state index in [0.29, 0.717) is 35.5 Å². The first-order chi connectivity index (χ1) is 26.7. The first-order valence-corrected chi connectivity index (χ1v) is 21.3. The highest BCUT2D eigenvalue weighted by Crippen LogP contribution is 2.58. The second-order valence-corrected chi connectivity index (χ2v) is 17.9. The summed E-state index contributed by atoms with van der Waals surface area (Å²) < 4.78 is 5.55. The van der Waals surface area contributed by atoms with Gasteiger partial charge < -0.3 is 19.8 Å². The van der Waals surface area contributed by atoms with Gasteiger partial charge in [0, 0.05) is 75.2 Å². The van der Waals surface area contributed by atoms with Crippen molar-refractivity contribution in [2.45, 2.75) is 126 Å². The molecule has 2 saturated heterocycles. The van der Waals surface area contributed by atoms with Crippen molar-refractivity contribution >= 4 is 59.1 Å². The Labute approximate surface area is 326 Å². The molecular weight excluding hydrogens is 717 g/mol. The zero-order valence-corrected chi connectivity index (χ0v) is 33.0. The molecule has 2 aliphatic carbocycles. The van der Waals surface area contributed by atoms with Crippen LogP contribution in [-0.2, 0) is 38.1 Å². The van der Waals surface area contributed by atoms with Crippen molar-refractivity contribution in [1.82, 2.24) is 28.3 Å². The molecule has 2 aromatic heterocycles. The van der Waals surface area contributed by atoms with E-state index >= 15 is 0 Å². The van der Waals surface area contributed by atoms with Crippen molar-refractivity contribution in [2.24, 2.45) is 13.0 Å². The van der Waals surface area contributed by atoms with E-state index in [0.717, 1.165) is 125 Å². The Hall–Kier alpha value is -4.04. The average Bonchev–Trinajstić information content (AvgIpc) is 3.40. The van der Waals surface area contributed by atoms with Crippen LogP contribution in [0.5, 0.6) is 0 Å². The molecule has 3 aliphatic heterocycles. The summed E-state index contributed by atoms with van der Waals surface area (Å²) in [6, 6.07) is 5.60. The van der Waals surface area contributed by atoms with Gasteiger partial charge in [0.1, 0.15) is 18.4 Å². The molecule has 0 radical (unpaired) electrons. The fourth-order valence-corrected chi connectivity index (χ4v) is 11.0. The average molecular weight is 771 g/mol. The molecule has 14 heteroatoms. The van der Waals surface area contributed by atoms with Gasteiger partial charge in [-0.15, -0.1) is 0 Å². The highest BCUT2D eigenvalue weighted by atomic mass is 32.2. The van der Waals surface area contributed by atoms with E-state index in [2.05, 4.69) is 16.5 Å². The minimum atomic E-state index is -0.683. The summed E-state index contributed by atoms with van der Waals surface area (Å²) in [5, 5.41) is 4.00. The molecule has 4 unspecified atom stereocenters. The molecule has 2 amide bonds. The van der Waals surface area contributed by atoms with Crippen molar-refractivity contribution in [3.05, 3.63) is 46.0 Å². The molecule has 5 heterocycles. The van der Waals surface area contributed by atoms with Gasteiger partial charge in [0.25, 0.3) is 0 Å². The number of aromatic nitrogens is 4. The lowest BCUT2D eigenvalue weighted by atomic mass is 10.0. The van der Waals surface area contributed by atoms with Crippen molar-refractivity contribution in [1.29, 1.82) is 0 Å². The predicted octanol–water partition coefficient (Wildman–Crippen LogP) is 4.95. The molecule has 1 spiro atoms. The van der Waals surface area contributed by atoms with Crippen LogP contribution < -0.4 is 15.9 Å². The van der Waals surface area contributed by atoms with Crippen LogP contribution in [0.4, 0.5) is 11.8 Å². The molecule has 0 bridgehead atoms. The number of aldehydes is 2. The van der Waals surface area contributed by atoms with E-state index < -0.39 is 6.04 Å². The van der Waals surface area contributed by atoms with Crippen LogP contribution in [0.1, 0.15) is 108 Å². The number of benzene rings is 1. The lowest BCUT2D eigenvalue weighted by molar-refractivity contribution is -0.130. The first kappa shape index (κ1) is 37.9. The fourth-order valence-electron chi connectivity index (χ4n) is 9.66. The molecule has 294 valence electrons. The van der Waals surface area contributed by atoms with Gasteiger partial charge in [0.05, 0.1) is 22.5 Å². The maximum atomic E-state index is 13.6. The molecule has 4 fully saturated rings. The standard InChI is InChI=1S/C41H54N8O5S/c1-27-8-5-12-33(27)49-37-32(41(18-19-41)38(49)53)24-42-39(44-37)43-29-15-21-47(22-16-29)55-31-17-20-46(25-31)35(52)14-4-3-9-28-10-6-13-34-36(28)45(2)40(54)48(34)30(26-51)11-7-23-50/h6,10,13,23-24,26-27,29-31,33H,3-5,7-9,11-12,14-22,25H2,1-2H3,(H,42,43,44). The summed E-state index contributed by atoms with van der Waals surface area (Å²) in [6.07, 6.45) is 14.9. The number of hydrogen-bond donors (Lipinski definition) is 1.